The van der Waals surface area contributed by atoms with Gasteiger partial charge in [0.05, 0.1) is 11.4 Å². The second-order valence-electron chi connectivity index (χ2n) is 6.81. The summed E-state index contributed by atoms with van der Waals surface area (Å²) in [6.07, 6.45) is 1.40. The van der Waals surface area contributed by atoms with E-state index in [0.29, 0.717) is 33.1 Å². The number of nitrogens with one attached hydrogen (secondary N) is 2. The van der Waals surface area contributed by atoms with Crippen LogP contribution in [0.4, 0.5) is 0 Å². The highest BCUT2D eigenvalue weighted by molar-refractivity contribution is 7.99. The van der Waals surface area contributed by atoms with Gasteiger partial charge in [-0.25, -0.2) is 13.4 Å². The summed E-state index contributed by atoms with van der Waals surface area (Å²) in [5.41, 5.74) is 1.47. The number of aryl methyl sites for hydroxylation is 1. The zero-order valence-corrected chi connectivity index (χ0v) is 20.2. The molecule has 170 valence electrons. The maximum absolute atomic E-state index is 13.3. The highest BCUT2D eigenvalue weighted by atomic mass is 35.5. The third-order valence-corrected chi connectivity index (χ3v) is 7.67. The van der Waals surface area contributed by atoms with E-state index in [1.807, 2.05) is 6.92 Å². The minimum absolute atomic E-state index is 0.0769. The number of sulfonamides is 1. The Balaban J connectivity index is 1.73. The quantitative estimate of drug-likeness (QED) is 0.317. The molecule has 0 atom stereocenters. The molecule has 0 aliphatic heterocycles. The molecule has 0 spiro atoms. The largest absolute Gasteiger partial charge is 0.354 e. The normalized spacial score (nSPS) is 11.6. The predicted octanol–water partition coefficient (Wildman–Crippen LogP) is 3.52. The van der Waals surface area contributed by atoms with E-state index in [0.717, 1.165) is 9.87 Å². The molecule has 1 aromatic heterocycles. The Kier molecular flexibility index (Phi) is 8.55. The summed E-state index contributed by atoms with van der Waals surface area (Å²) in [7, 11) is -3.95. The van der Waals surface area contributed by atoms with Gasteiger partial charge >= 0.3 is 0 Å². The van der Waals surface area contributed by atoms with E-state index in [-0.39, 0.29) is 18.0 Å². The molecule has 0 bridgehead atoms. The van der Waals surface area contributed by atoms with E-state index >= 15 is 0 Å². The summed E-state index contributed by atoms with van der Waals surface area (Å²) in [5, 5.41) is 10.6. The molecule has 0 radical (unpaired) electrons. The fraction of sp³-hybridized carbons (Fsp3) is 0.250. The number of benzene rings is 2. The average molecular weight is 514 g/mol. The topological polar surface area (TPSA) is 108 Å². The van der Waals surface area contributed by atoms with Crippen LogP contribution in [0.1, 0.15) is 11.1 Å². The second kappa shape index (κ2) is 11.2. The number of carbonyl (C=O) groups excluding carboxylic acids is 1. The number of rotatable bonds is 10. The number of H-pyrrole nitrogens is 1. The maximum Gasteiger partial charge on any atom is 0.243 e. The smallest absolute Gasteiger partial charge is 0.243 e. The first-order valence-corrected chi connectivity index (χ1v) is 12.7. The van der Waals surface area contributed by atoms with Crippen LogP contribution in [0.2, 0.25) is 10.0 Å². The molecule has 0 saturated heterocycles. The van der Waals surface area contributed by atoms with Crippen molar-refractivity contribution in [1.82, 2.24) is 24.8 Å². The van der Waals surface area contributed by atoms with Gasteiger partial charge in [-0.15, -0.1) is 0 Å². The molecule has 0 aliphatic carbocycles. The van der Waals surface area contributed by atoms with E-state index in [1.165, 1.54) is 36.3 Å². The van der Waals surface area contributed by atoms with Gasteiger partial charge in [-0.2, -0.15) is 9.40 Å². The van der Waals surface area contributed by atoms with Gasteiger partial charge in [-0.05, 0) is 36.8 Å². The molecule has 2 aromatic carbocycles. The number of amides is 1. The lowest BCUT2D eigenvalue weighted by molar-refractivity contribution is -0.121. The standard InChI is InChI=1S/C20H21Cl2N5O3S2/c1-14-2-6-17(7-3-14)32(29,30)27(11-15-4-5-16(21)10-18(15)22)12-19(28)23-8-9-31-20-24-13-25-26-20/h2-7,10,13H,8-9,11-12H2,1H3,(H,23,28)(H,24,25,26). The molecule has 12 heteroatoms. The van der Waals surface area contributed by atoms with Crippen LogP contribution in [0.5, 0.6) is 0 Å². The van der Waals surface area contributed by atoms with Crippen LogP contribution in [-0.4, -0.2) is 52.7 Å². The number of hydrogen-bond donors (Lipinski definition) is 2. The van der Waals surface area contributed by atoms with Crippen LogP contribution in [0.25, 0.3) is 0 Å². The molecule has 1 amide bonds. The Bertz CT molecular complexity index is 1160. The summed E-state index contributed by atoms with van der Waals surface area (Å²) in [6, 6.07) is 11.3. The Morgan fingerprint density at radius 3 is 2.59 bits per heavy atom. The van der Waals surface area contributed by atoms with Gasteiger partial charge in [0, 0.05) is 28.9 Å². The summed E-state index contributed by atoms with van der Waals surface area (Å²) in [4.78, 5) is 16.6. The van der Waals surface area contributed by atoms with Crippen molar-refractivity contribution < 1.29 is 13.2 Å². The van der Waals surface area contributed by atoms with Crippen molar-refractivity contribution in [2.45, 2.75) is 23.5 Å². The van der Waals surface area contributed by atoms with Crippen LogP contribution < -0.4 is 5.32 Å². The summed E-state index contributed by atoms with van der Waals surface area (Å²) >= 11 is 13.6. The fourth-order valence-corrected chi connectivity index (χ4v) is 5.22. The molecule has 0 fully saturated rings. The molecule has 3 rings (SSSR count). The van der Waals surface area contributed by atoms with Gasteiger partial charge in [-0.1, -0.05) is 58.7 Å². The van der Waals surface area contributed by atoms with E-state index in [4.69, 9.17) is 23.2 Å². The van der Waals surface area contributed by atoms with Crippen LogP contribution in [-0.2, 0) is 21.4 Å². The molecule has 8 nitrogen and oxygen atoms in total. The number of aromatic amines is 1. The minimum Gasteiger partial charge on any atom is -0.354 e. The van der Waals surface area contributed by atoms with Crippen LogP contribution in [0, 0.1) is 6.92 Å². The third-order valence-electron chi connectivity index (χ3n) is 4.40. The lowest BCUT2D eigenvalue weighted by Gasteiger charge is -2.22. The first kappa shape index (κ1) is 24.5. The van der Waals surface area contributed by atoms with Crippen molar-refractivity contribution in [3.63, 3.8) is 0 Å². The van der Waals surface area contributed by atoms with Gasteiger partial charge in [-0.3, -0.25) is 9.89 Å². The second-order valence-corrected chi connectivity index (χ2v) is 10.7. The van der Waals surface area contributed by atoms with Crippen molar-refractivity contribution in [2.75, 3.05) is 18.8 Å². The number of thioether (sulfide) groups is 1. The first-order valence-electron chi connectivity index (χ1n) is 9.51. The molecule has 0 saturated carbocycles. The van der Waals surface area contributed by atoms with Crippen molar-refractivity contribution >= 4 is 50.9 Å². The van der Waals surface area contributed by atoms with Gasteiger partial charge in [0.25, 0.3) is 0 Å². The summed E-state index contributed by atoms with van der Waals surface area (Å²) in [6.45, 7) is 1.77. The first-order chi connectivity index (χ1) is 15.3. The zero-order chi connectivity index (χ0) is 23.1. The monoisotopic (exact) mass is 513 g/mol. The predicted molar refractivity (Wildman–Crippen MR) is 125 cm³/mol. The molecule has 0 aliphatic rings. The fourth-order valence-electron chi connectivity index (χ4n) is 2.74. The Labute approximate surface area is 200 Å². The zero-order valence-electron chi connectivity index (χ0n) is 17.1. The van der Waals surface area contributed by atoms with Gasteiger partial charge in [0.1, 0.15) is 6.33 Å². The lowest BCUT2D eigenvalue weighted by Crippen LogP contribution is -2.41. The third kappa shape index (κ3) is 6.69. The Morgan fingerprint density at radius 1 is 1.19 bits per heavy atom. The molecular weight excluding hydrogens is 493 g/mol. The number of aromatic nitrogens is 3. The summed E-state index contributed by atoms with van der Waals surface area (Å²) in [5.74, 6) is 0.123. The highest BCUT2D eigenvalue weighted by Crippen LogP contribution is 2.25. The lowest BCUT2D eigenvalue weighted by atomic mass is 10.2. The molecule has 2 N–H and O–H groups in total. The van der Waals surface area contributed by atoms with Gasteiger partial charge in [0.15, 0.2) is 5.16 Å². The minimum atomic E-state index is -3.95. The Hall–Kier alpha value is -2.11. The number of carbonyl (C=O) groups is 1. The molecule has 0 unspecified atom stereocenters. The van der Waals surface area contributed by atoms with E-state index < -0.39 is 15.9 Å². The van der Waals surface area contributed by atoms with Crippen molar-refractivity contribution in [1.29, 1.82) is 0 Å². The van der Waals surface area contributed by atoms with Crippen LogP contribution in [0.3, 0.4) is 0 Å². The molecule has 32 heavy (non-hydrogen) atoms. The van der Waals surface area contributed by atoms with Crippen molar-refractivity contribution in [2.24, 2.45) is 0 Å². The SMILES string of the molecule is Cc1ccc(S(=O)(=O)N(CC(=O)NCCSc2ncn[nH]2)Cc2ccc(Cl)cc2Cl)cc1. The maximum atomic E-state index is 13.3. The Morgan fingerprint density at radius 2 is 1.94 bits per heavy atom. The van der Waals surface area contributed by atoms with Crippen LogP contribution in [0.15, 0.2) is 58.8 Å². The van der Waals surface area contributed by atoms with E-state index in [9.17, 15) is 13.2 Å². The van der Waals surface area contributed by atoms with Gasteiger partial charge < -0.3 is 5.32 Å². The number of halogens is 2. The van der Waals surface area contributed by atoms with E-state index in [2.05, 4.69) is 20.5 Å². The highest BCUT2D eigenvalue weighted by Gasteiger charge is 2.27. The molecule has 1 heterocycles. The molecular formula is C20H21Cl2N5O3S2. The summed E-state index contributed by atoms with van der Waals surface area (Å²) < 4.78 is 27.7. The van der Waals surface area contributed by atoms with E-state index in [1.54, 1.807) is 24.3 Å². The van der Waals surface area contributed by atoms with Crippen molar-refractivity contribution in [3.05, 3.63) is 70.0 Å². The number of nitrogens with zero attached hydrogens (tertiary/aromatic N) is 3. The van der Waals surface area contributed by atoms with Crippen molar-refractivity contribution in [3.8, 4) is 0 Å². The van der Waals surface area contributed by atoms with Crippen LogP contribution >= 0.6 is 35.0 Å². The number of hydrogen-bond acceptors (Lipinski definition) is 6. The molecule has 3 aromatic rings. The van der Waals surface area contributed by atoms with Gasteiger partial charge in [0.2, 0.25) is 15.9 Å². The average Bonchev–Trinajstić information content (AvgIpc) is 3.26.